The van der Waals surface area contributed by atoms with Crippen LogP contribution < -0.4 is 0 Å². The molecule has 7 heteroatoms. The van der Waals surface area contributed by atoms with Gasteiger partial charge in [-0.05, 0) is 41.5 Å². The van der Waals surface area contributed by atoms with Gasteiger partial charge in [-0.3, -0.25) is 4.99 Å². The molecule has 1 fully saturated rings. The van der Waals surface area contributed by atoms with Crippen molar-refractivity contribution in [1.82, 2.24) is 9.80 Å². The SMILES string of the molecule is CC1CN(C(=O)OC(C)(C)C)CC1=NCCN(C)C(=O)OC(C)(C)C. The number of amides is 2. The van der Waals surface area contributed by atoms with Crippen LogP contribution in [0.3, 0.4) is 0 Å². The molecule has 25 heavy (non-hydrogen) atoms. The minimum Gasteiger partial charge on any atom is -0.444 e. The Morgan fingerprint density at radius 2 is 1.72 bits per heavy atom. The smallest absolute Gasteiger partial charge is 0.410 e. The van der Waals surface area contributed by atoms with Crippen LogP contribution in [0.4, 0.5) is 9.59 Å². The van der Waals surface area contributed by atoms with E-state index in [0.29, 0.717) is 26.2 Å². The fourth-order valence-corrected chi connectivity index (χ4v) is 2.30. The van der Waals surface area contributed by atoms with Gasteiger partial charge in [-0.25, -0.2) is 9.59 Å². The third-order valence-electron chi connectivity index (χ3n) is 3.52. The zero-order valence-electron chi connectivity index (χ0n) is 16.9. The van der Waals surface area contributed by atoms with Crippen molar-refractivity contribution in [2.75, 3.05) is 33.2 Å². The molecule has 0 aliphatic carbocycles. The number of likely N-dealkylation sites (tertiary alicyclic amines) is 1. The number of aliphatic imine (C=N–C) groups is 1. The maximum Gasteiger partial charge on any atom is 0.410 e. The van der Waals surface area contributed by atoms with Crippen molar-refractivity contribution in [3.05, 3.63) is 0 Å². The van der Waals surface area contributed by atoms with Crippen LogP contribution in [-0.4, -0.2) is 72.1 Å². The number of hydrogen-bond acceptors (Lipinski definition) is 5. The number of ether oxygens (including phenoxy) is 2. The topological polar surface area (TPSA) is 71.4 Å². The Morgan fingerprint density at radius 3 is 2.24 bits per heavy atom. The molecule has 0 bridgehead atoms. The first kappa shape index (κ1) is 21.3. The third-order valence-corrected chi connectivity index (χ3v) is 3.52. The van der Waals surface area contributed by atoms with Crippen molar-refractivity contribution in [2.24, 2.45) is 10.9 Å². The van der Waals surface area contributed by atoms with E-state index in [1.807, 2.05) is 48.5 Å². The van der Waals surface area contributed by atoms with E-state index in [1.165, 1.54) is 4.90 Å². The molecule has 0 N–H and O–H groups in total. The minimum atomic E-state index is -0.509. The average Bonchev–Trinajstić information content (AvgIpc) is 2.76. The fraction of sp³-hybridized carbons (Fsp3) is 0.833. The molecule has 1 unspecified atom stereocenters. The summed E-state index contributed by atoms with van der Waals surface area (Å²) in [6.07, 6.45) is -0.669. The Kier molecular flexibility index (Phi) is 6.85. The van der Waals surface area contributed by atoms with Crippen LogP contribution in [0.5, 0.6) is 0 Å². The summed E-state index contributed by atoms with van der Waals surface area (Å²) in [5.74, 6) is 0.194. The van der Waals surface area contributed by atoms with Gasteiger partial charge in [-0.15, -0.1) is 0 Å². The normalized spacial score (nSPS) is 19.9. The molecule has 1 aliphatic heterocycles. The Labute approximate surface area is 151 Å². The van der Waals surface area contributed by atoms with Crippen molar-refractivity contribution in [3.63, 3.8) is 0 Å². The standard InChI is InChI=1S/C18H33N3O4/c1-13-11-21(16(23)25-18(5,6)7)12-14(13)19-9-10-20(8)15(22)24-17(2,3)4/h13H,9-12H2,1-8H3. The summed E-state index contributed by atoms with van der Waals surface area (Å²) in [5, 5.41) is 0. The molecule has 1 saturated heterocycles. The highest BCUT2D eigenvalue weighted by molar-refractivity contribution is 5.93. The van der Waals surface area contributed by atoms with Crippen molar-refractivity contribution >= 4 is 17.9 Å². The predicted molar refractivity (Wildman–Crippen MR) is 98.1 cm³/mol. The predicted octanol–water partition coefficient (Wildman–Crippen LogP) is 3.18. The molecule has 2 amide bonds. The van der Waals surface area contributed by atoms with E-state index in [-0.39, 0.29) is 18.1 Å². The second-order valence-electron chi connectivity index (χ2n) is 8.54. The highest BCUT2D eigenvalue weighted by Crippen LogP contribution is 2.18. The van der Waals surface area contributed by atoms with E-state index in [0.717, 1.165) is 5.71 Å². The van der Waals surface area contributed by atoms with E-state index in [9.17, 15) is 9.59 Å². The zero-order chi connectivity index (χ0) is 19.4. The molecule has 7 nitrogen and oxygen atoms in total. The number of carbonyl (C=O) groups is 2. The van der Waals surface area contributed by atoms with Crippen LogP contribution in [0.1, 0.15) is 48.5 Å². The van der Waals surface area contributed by atoms with Gasteiger partial charge in [0.05, 0.1) is 13.1 Å². The highest BCUT2D eigenvalue weighted by Gasteiger charge is 2.31. The van der Waals surface area contributed by atoms with E-state index in [4.69, 9.17) is 9.47 Å². The molecule has 0 aromatic carbocycles. The lowest BCUT2D eigenvalue weighted by Gasteiger charge is -2.24. The lowest BCUT2D eigenvalue weighted by Crippen LogP contribution is -2.36. The number of nitrogens with zero attached hydrogens (tertiary/aromatic N) is 3. The molecule has 0 saturated carbocycles. The fourth-order valence-electron chi connectivity index (χ4n) is 2.30. The molecule has 0 radical (unpaired) electrons. The van der Waals surface area contributed by atoms with Gasteiger partial charge < -0.3 is 19.3 Å². The van der Waals surface area contributed by atoms with Crippen molar-refractivity contribution < 1.29 is 19.1 Å². The molecule has 1 rings (SSSR count). The molecule has 144 valence electrons. The van der Waals surface area contributed by atoms with E-state index in [2.05, 4.69) is 4.99 Å². The Morgan fingerprint density at radius 1 is 1.16 bits per heavy atom. The van der Waals surface area contributed by atoms with Gasteiger partial charge in [0.2, 0.25) is 0 Å². The Balaban J connectivity index is 2.50. The van der Waals surface area contributed by atoms with Crippen LogP contribution in [0.15, 0.2) is 4.99 Å². The van der Waals surface area contributed by atoms with Crippen LogP contribution in [-0.2, 0) is 9.47 Å². The first-order valence-electron chi connectivity index (χ1n) is 8.74. The largest absolute Gasteiger partial charge is 0.444 e. The molecular formula is C18H33N3O4. The summed E-state index contributed by atoms with van der Waals surface area (Å²) < 4.78 is 10.7. The summed E-state index contributed by atoms with van der Waals surface area (Å²) in [4.78, 5) is 31.8. The van der Waals surface area contributed by atoms with Crippen molar-refractivity contribution in [1.29, 1.82) is 0 Å². The summed E-state index contributed by atoms with van der Waals surface area (Å²) in [6.45, 7) is 15.2. The maximum absolute atomic E-state index is 12.1. The Hall–Kier alpha value is -1.79. The van der Waals surface area contributed by atoms with Gasteiger partial charge in [0.25, 0.3) is 0 Å². The van der Waals surface area contributed by atoms with Gasteiger partial charge in [0, 0.05) is 31.8 Å². The lowest BCUT2D eigenvalue weighted by atomic mass is 10.1. The number of likely N-dealkylation sites (N-methyl/N-ethyl adjacent to an activating group) is 1. The molecule has 1 heterocycles. The number of carbonyl (C=O) groups excluding carboxylic acids is 2. The third kappa shape index (κ3) is 7.75. The average molecular weight is 355 g/mol. The van der Waals surface area contributed by atoms with Gasteiger partial charge in [-0.2, -0.15) is 0 Å². The zero-order valence-corrected chi connectivity index (χ0v) is 16.9. The molecular weight excluding hydrogens is 322 g/mol. The van der Waals surface area contributed by atoms with Crippen LogP contribution in [0, 0.1) is 5.92 Å². The Bertz CT molecular complexity index is 517. The summed E-state index contributed by atoms with van der Waals surface area (Å²) in [6, 6.07) is 0. The van der Waals surface area contributed by atoms with Gasteiger partial charge in [-0.1, -0.05) is 6.92 Å². The van der Waals surface area contributed by atoms with Gasteiger partial charge >= 0.3 is 12.2 Å². The van der Waals surface area contributed by atoms with Gasteiger partial charge in [0.15, 0.2) is 0 Å². The minimum absolute atomic E-state index is 0.194. The van der Waals surface area contributed by atoms with E-state index in [1.54, 1.807) is 11.9 Å². The molecule has 0 aromatic heterocycles. The van der Waals surface area contributed by atoms with Crippen LogP contribution in [0.25, 0.3) is 0 Å². The quantitative estimate of drug-likeness (QED) is 0.779. The lowest BCUT2D eigenvalue weighted by molar-refractivity contribution is 0.0288. The van der Waals surface area contributed by atoms with Crippen molar-refractivity contribution in [2.45, 2.75) is 59.7 Å². The highest BCUT2D eigenvalue weighted by atomic mass is 16.6. The molecule has 1 aliphatic rings. The first-order valence-corrected chi connectivity index (χ1v) is 8.74. The number of hydrogen-bond donors (Lipinski definition) is 0. The molecule has 0 aromatic rings. The first-order chi connectivity index (χ1) is 11.3. The van der Waals surface area contributed by atoms with Crippen LogP contribution >= 0.6 is 0 Å². The van der Waals surface area contributed by atoms with E-state index >= 15 is 0 Å². The maximum atomic E-state index is 12.1. The van der Waals surface area contributed by atoms with E-state index < -0.39 is 11.2 Å². The molecule has 0 spiro atoms. The summed E-state index contributed by atoms with van der Waals surface area (Å²) in [5.41, 5.74) is -0.0509. The van der Waals surface area contributed by atoms with Gasteiger partial charge in [0.1, 0.15) is 11.2 Å². The monoisotopic (exact) mass is 355 g/mol. The second kappa shape index (κ2) is 8.06. The number of rotatable bonds is 3. The molecule has 1 atom stereocenters. The summed E-state index contributed by atoms with van der Waals surface area (Å²) in [7, 11) is 1.69. The van der Waals surface area contributed by atoms with Crippen LogP contribution in [0.2, 0.25) is 0 Å². The second-order valence-corrected chi connectivity index (χ2v) is 8.54. The van der Waals surface area contributed by atoms with Crippen molar-refractivity contribution in [3.8, 4) is 0 Å². The summed E-state index contributed by atoms with van der Waals surface area (Å²) >= 11 is 0.